The highest BCUT2D eigenvalue weighted by atomic mass is 15.2. The largest absolute Gasteiger partial charge is 0.384 e. The molecule has 0 fully saturated rings. The normalized spacial score (nSPS) is 12.9. The molecule has 0 aliphatic rings. The first-order valence-electron chi connectivity index (χ1n) is 5.54. The first kappa shape index (κ1) is 12.0. The molecule has 5 heteroatoms. The summed E-state index contributed by atoms with van der Waals surface area (Å²) in [5, 5.41) is 6.61. The van der Waals surface area contributed by atoms with Crippen LogP contribution in [0.3, 0.4) is 0 Å². The molecule has 0 saturated heterocycles. The highest BCUT2D eigenvalue weighted by Gasteiger charge is 2.13. The maximum atomic E-state index is 5.73. The van der Waals surface area contributed by atoms with E-state index >= 15 is 0 Å². The number of hydrazine groups is 1. The van der Waals surface area contributed by atoms with Crippen LogP contribution in [0.4, 0.5) is 5.82 Å². The van der Waals surface area contributed by atoms with Crippen LogP contribution in [0.1, 0.15) is 50.6 Å². The molecule has 1 heterocycles. The maximum Gasteiger partial charge on any atom is 0.123 e. The molecule has 0 amide bonds. The molecule has 15 heavy (non-hydrogen) atoms. The van der Waals surface area contributed by atoms with Crippen molar-refractivity contribution in [2.45, 2.75) is 45.1 Å². The zero-order chi connectivity index (χ0) is 11.1. The van der Waals surface area contributed by atoms with Crippen molar-refractivity contribution < 1.29 is 0 Å². The molecule has 86 valence electrons. The molecule has 5 nitrogen and oxygen atoms in total. The Hall–Kier alpha value is -1.07. The quantitative estimate of drug-likeness (QED) is 0.312. The van der Waals surface area contributed by atoms with Crippen LogP contribution in [-0.4, -0.2) is 10.2 Å². The topological polar surface area (TPSA) is 92.7 Å². The predicted molar refractivity (Wildman–Crippen MR) is 61.8 cm³/mol. The number of H-pyrrole nitrogens is 1. The minimum Gasteiger partial charge on any atom is -0.384 e. The van der Waals surface area contributed by atoms with Gasteiger partial charge in [0.2, 0.25) is 0 Å². The molecule has 0 spiro atoms. The monoisotopic (exact) mass is 211 g/mol. The first-order chi connectivity index (χ1) is 7.29. The Morgan fingerprint density at radius 1 is 1.47 bits per heavy atom. The minimum atomic E-state index is 0.112. The van der Waals surface area contributed by atoms with Gasteiger partial charge in [0.25, 0.3) is 0 Å². The van der Waals surface area contributed by atoms with Gasteiger partial charge in [-0.1, -0.05) is 32.6 Å². The smallest absolute Gasteiger partial charge is 0.123 e. The highest BCUT2D eigenvalue weighted by molar-refractivity contribution is 5.39. The van der Waals surface area contributed by atoms with Crippen molar-refractivity contribution in [2.24, 2.45) is 5.84 Å². The van der Waals surface area contributed by atoms with Crippen molar-refractivity contribution in [1.82, 2.24) is 15.6 Å². The summed E-state index contributed by atoms with van der Waals surface area (Å²) in [6, 6.07) is 0.112. The highest BCUT2D eigenvalue weighted by Crippen LogP contribution is 2.22. The van der Waals surface area contributed by atoms with E-state index in [0.717, 1.165) is 18.4 Å². The number of nitrogens with two attached hydrogens (primary N) is 2. The average molecular weight is 211 g/mol. The SMILES string of the molecule is CCCCCCC(NN)c1cn[nH]c1N. The number of rotatable bonds is 7. The van der Waals surface area contributed by atoms with Crippen LogP contribution in [-0.2, 0) is 0 Å². The van der Waals surface area contributed by atoms with Crippen LogP contribution in [0, 0.1) is 0 Å². The van der Waals surface area contributed by atoms with Crippen LogP contribution in [0.25, 0.3) is 0 Å². The number of anilines is 1. The summed E-state index contributed by atoms with van der Waals surface area (Å²) >= 11 is 0. The Balaban J connectivity index is 2.39. The number of nitrogens with one attached hydrogen (secondary N) is 2. The molecule has 0 saturated carbocycles. The summed E-state index contributed by atoms with van der Waals surface area (Å²) in [5.41, 5.74) is 9.48. The van der Waals surface area contributed by atoms with E-state index in [1.807, 2.05) is 0 Å². The molecular weight excluding hydrogens is 190 g/mol. The van der Waals surface area contributed by atoms with E-state index < -0.39 is 0 Å². The van der Waals surface area contributed by atoms with Gasteiger partial charge in [0.1, 0.15) is 5.82 Å². The zero-order valence-corrected chi connectivity index (χ0v) is 9.29. The summed E-state index contributed by atoms with van der Waals surface area (Å²) in [6.45, 7) is 2.20. The van der Waals surface area contributed by atoms with Crippen LogP contribution in [0.2, 0.25) is 0 Å². The number of hydrogen-bond acceptors (Lipinski definition) is 4. The molecular formula is C10H21N5. The third-order valence-corrected chi connectivity index (χ3v) is 2.62. The lowest BCUT2D eigenvalue weighted by Gasteiger charge is -2.14. The Bertz CT molecular complexity index is 271. The summed E-state index contributed by atoms with van der Waals surface area (Å²) in [5.74, 6) is 6.11. The van der Waals surface area contributed by atoms with Crippen LogP contribution < -0.4 is 17.0 Å². The molecule has 1 unspecified atom stereocenters. The van der Waals surface area contributed by atoms with E-state index in [1.165, 1.54) is 19.3 Å². The molecule has 0 bridgehead atoms. The predicted octanol–water partition coefficient (Wildman–Crippen LogP) is 1.47. The van der Waals surface area contributed by atoms with E-state index in [-0.39, 0.29) is 6.04 Å². The van der Waals surface area contributed by atoms with Gasteiger partial charge in [-0.2, -0.15) is 5.10 Å². The van der Waals surface area contributed by atoms with Gasteiger partial charge in [-0.25, -0.2) is 0 Å². The number of aromatic amines is 1. The van der Waals surface area contributed by atoms with Crippen molar-refractivity contribution in [2.75, 3.05) is 5.73 Å². The number of unbranched alkanes of at least 4 members (excludes halogenated alkanes) is 3. The molecule has 6 N–H and O–H groups in total. The molecule has 0 aromatic carbocycles. The van der Waals surface area contributed by atoms with Gasteiger partial charge in [0, 0.05) is 5.56 Å². The molecule has 1 aromatic rings. The van der Waals surface area contributed by atoms with Crippen LogP contribution in [0.5, 0.6) is 0 Å². The molecule has 0 radical (unpaired) electrons. The van der Waals surface area contributed by atoms with Crippen LogP contribution in [0.15, 0.2) is 6.20 Å². The third kappa shape index (κ3) is 3.53. The minimum absolute atomic E-state index is 0.112. The van der Waals surface area contributed by atoms with Crippen molar-refractivity contribution in [3.05, 3.63) is 11.8 Å². The maximum absolute atomic E-state index is 5.73. The summed E-state index contributed by atoms with van der Waals surface area (Å²) in [4.78, 5) is 0. The van der Waals surface area contributed by atoms with E-state index in [1.54, 1.807) is 6.20 Å². The third-order valence-electron chi connectivity index (χ3n) is 2.62. The second-order valence-corrected chi connectivity index (χ2v) is 3.81. The fraction of sp³-hybridized carbons (Fsp3) is 0.700. The van der Waals surface area contributed by atoms with Crippen molar-refractivity contribution in [3.63, 3.8) is 0 Å². The number of aromatic nitrogens is 2. The van der Waals surface area contributed by atoms with Gasteiger partial charge >= 0.3 is 0 Å². The van der Waals surface area contributed by atoms with Crippen molar-refractivity contribution >= 4 is 5.82 Å². The standard InChI is InChI=1S/C10H21N5/c1-2-3-4-5-6-9(14-12)8-7-13-15-10(8)11/h7,9,14H,2-6,12H2,1H3,(H3,11,13,15). The first-order valence-corrected chi connectivity index (χ1v) is 5.54. The van der Waals surface area contributed by atoms with Gasteiger partial charge in [0.05, 0.1) is 12.2 Å². The summed E-state index contributed by atoms with van der Waals surface area (Å²) in [7, 11) is 0. The fourth-order valence-electron chi connectivity index (χ4n) is 1.69. The van der Waals surface area contributed by atoms with Crippen molar-refractivity contribution in [1.29, 1.82) is 0 Å². The second kappa shape index (κ2) is 6.42. The molecule has 1 atom stereocenters. The summed E-state index contributed by atoms with van der Waals surface area (Å²) in [6.07, 6.45) is 7.66. The Morgan fingerprint density at radius 2 is 2.27 bits per heavy atom. The lowest BCUT2D eigenvalue weighted by molar-refractivity contribution is 0.483. The van der Waals surface area contributed by atoms with Gasteiger partial charge in [0.15, 0.2) is 0 Å². The fourth-order valence-corrected chi connectivity index (χ4v) is 1.69. The summed E-state index contributed by atoms with van der Waals surface area (Å²) < 4.78 is 0. The number of nitrogen functional groups attached to an aromatic ring is 1. The lowest BCUT2D eigenvalue weighted by Crippen LogP contribution is -2.28. The van der Waals surface area contributed by atoms with Crippen LogP contribution >= 0.6 is 0 Å². The Labute approximate surface area is 90.6 Å². The van der Waals surface area contributed by atoms with E-state index in [4.69, 9.17) is 11.6 Å². The lowest BCUT2D eigenvalue weighted by atomic mass is 10.0. The van der Waals surface area contributed by atoms with E-state index in [9.17, 15) is 0 Å². The molecule has 0 aliphatic carbocycles. The average Bonchev–Trinajstić information content (AvgIpc) is 2.65. The number of nitrogens with zero attached hydrogens (tertiary/aromatic N) is 1. The van der Waals surface area contributed by atoms with Gasteiger partial charge in [-0.05, 0) is 6.42 Å². The van der Waals surface area contributed by atoms with Gasteiger partial charge in [-0.3, -0.25) is 16.4 Å². The zero-order valence-electron chi connectivity index (χ0n) is 9.29. The number of hydrogen-bond donors (Lipinski definition) is 4. The Morgan fingerprint density at radius 3 is 2.80 bits per heavy atom. The van der Waals surface area contributed by atoms with E-state index in [2.05, 4.69) is 22.5 Å². The Kier molecular flexibility index (Phi) is 5.14. The molecule has 1 aromatic heterocycles. The van der Waals surface area contributed by atoms with E-state index in [0.29, 0.717) is 5.82 Å². The molecule has 0 aliphatic heterocycles. The van der Waals surface area contributed by atoms with Crippen molar-refractivity contribution in [3.8, 4) is 0 Å². The van der Waals surface area contributed by atoms with Gasteiger partial charge in [-0.15, -0.1) is 0 Å². The second-order valence-electron chi connectivity index (χ2n) is 3.81. The van der Waals surface area contributed by atoms with Gasteiger partial charge < -0.3 is 5.73 Å². The molecule has 1 rings (SSSR count).